The first-order chi connectivity index (χ1) is 13.1. The van der Waals surface area contributed by atoms with Crippen molar-refractivity contribution in [1.29, 1.82) is 0 Å². The molecule has 4 atom stereocenters. The van der Waals surface area contributed by atoms with Gasteiger partial charge in [-0.25, -0.2) is 0 Å². The van der Waals surface area contributed by atoms with Gasteiger partial charge in [0.15, 0.2) is 0 Å². The Morgan fingerprint density at radius 1 is 1.11 bits per heavy atom. The van der Waals surface area contributed by atoms with Crippen molar-refractivity contribution >= 4 is 5.69 Å². The van der Waals surface area contributed by atoms with Crippen LogP contribution in [0.1, 0.15) is 50.7 Å². The van der Waals surface area contributed by atoms with Crippen molar-refractivity contribution < 1.29 is 4.74 Å². The van der Waals surface area contributed by atoms with E-state index in [1.54, 1.807) is 12.7 Å². The molecule has 1 saturated carbocycles. The molecule has 2 aliphatic heterocycles. The van der Waals surface area contributed by atoms with E-state index in [4.69, 9.17) is 4.74 Å². The molecular weight excluding hydrogens is 330 g/mol. The Balaban J connectivity index is 1.72. The summed E-state index contributed by atoms with van der Waals surface area (Å²) in [5.74, 6) is 2.57. The Morgan fingerprint density at radius 3 is 2.67 bits per heavy atom. The number of benzene rings is 2. The molecule has 2 nitrogen and oxygen atoms in total. The van der Waals surface area contributed by atoms with E-state index < -0.39 is 0 Å². The van der Waals surface area contributed by atoms with Crippen molar-refractivity contribution in [2.75, 3.05) is 18.6 Å². The highest BCUT2D eigenvalue weighted by molar-refractivity contribution is 5.57. The van der Waals surface area contributed by atoms with Crippen LogP contribution in [0.25, 0.3) is 0 Å². The molecule has 27 heavy (non-hydrogen) atoms. The maximum Gasteiger partial charge on any atom is 0.119 e. The fourth-order valence-electron chi connectivity index (χ4n) is 6.96. The number of para-hydroxylation sites is 1. The van der Waals surface area contributed by atoms with Gasteiger partial charge in [-0.2, -0.15) is 0 Å². The Hall–Kier alpha value is -1.96. The van der Waals surface area contributed by atoms with Crippen LogP contribution >= 0.6 is 0 Å². The van der Waals surface area contributed by atoms with Gasteiger partial charge in [0.05, 0.1) is 12.6 Å². The first-order valence-electron chi connectivity index (χ1n) is 10.6. The summed E-state index contributed by atoms with van der Waals surface area (Å²) in [6, 6.07) is 18.0. The van der Waals surface area contributed by atoms with Gasteiger partial charge in [0.1, 0.15) is 5.75 Å². The lowest BCUT2D eigenvalue weighted by Crippen LogP contribution is -2.69. The molecule has 2 aromatic rings. The van der Waals surface area contributed by atoms with E-state index >= 15 is 0 Å². The number of nitrogens with zero attached hydrogens (tertiary/aromatic N) is 1. The van der Waals surface area contributed by atoms with Gasteiger partial charge < -0.3 is 9.64 Å². The Bertz CT molecular complexity index is 847. The number of aryl methyl sites for hydroxylation is 1. The monoisotopic (exact) mass is 361 g/mol. The van der Waals surface area contributed by atoms with Gasteiger partial charge in [0.2, 0.25) is 0 Å². The molecule has 2 aromatic carbocycles. The highest BCUT2D eigenvalue weighted by atomic mass is 16.5. The van der Waals surface area contributed by atoms with Gasteiger partial charge >= 0.3 is 0 Å². The summed E-state index contributed by atoms with van der Waals surface area (Å²) in [5, 5.41) is 0. The molecule has 1 spiro atoms. The van der Waals surface area contributed by atoms with Crippen LogP contribution in [0.15, 0.2) is 48.5 Å². The van der Waals surface area contributed by atoms with Crippen LogP contribution in [0, 0.1) is 17.3 Å². The molecule has 2 bridgehead atoms. The topological polar surface area (TPSA) is 12.5 Å². The molecule has 0 amide bonds. The summed E-state index contributed by atoms with van der Waals surface area (Å²) in [6.07, 6.45) is 6.42. The lowest BCUT2D eigenvalue weighted by Gasteiger charge is -2.69. The summed E-state index contributed by atoms with van der Waals surface area (Å²) < 4.78 is 5.55. The zero-order valence-electron chi connectivity index (χ0n) is 16.9. The third kappa shape index (κ3) is 2.25. The van der Waals surface area contributed by atoms with Crippen molar-refractivity contribution in [3.8, 4) is 5.75 Å². The van der Waals surface area contributed by atoms with Crippen LogP contribution in [0.4, 0.5) is 5.69 Å². The number of fused-ring (bicyclic) bond motifs is 3. The minimum Gasteiger partial charge on any atom is -0.497 e. The zero-order chi connectivity index (χ0) is 18.6. The molecule has 142 valence electrons. The van der Waals surface area contributed by atoms with Crippen molar-refractivity contribution in [3.05, 3.63) is 59.7 Å². The summed E-state index contributed by atoms with van der Waals surface area (Å²) in [6.45, 7) is 6.15. The van der Waals surface area contributed by atoms with Gasteiger partial charge in [0.25, 0.3) is 0 Å². The number of piperidine rings is 2. The standard InChI is InChI=1S/C25H31NO/c1-4-21-23-12-10-18-16-20(27-3)11-13-22(18)25(23)15-14-24(21,2)17-26(25)19-8-6-5-7-9-19/h5-9,11,13,16,21,23H,4,10,12,14-15,17H2,1-3H3/t21-,23-,24-,25-/m0/s1. The summed E-state index contributed by atoms with van der Waals surface area (Å²) >= 11 is 0. The number of ether oxygens (including phenoxy) is 1. The van der Waals surface area contributed by atoms with Gasteiger partial charge in [-0.15, -0.1) is 0 Å². The molecule has 0 unspecified atom stereocenters. The minimum atomic E-state index is 0.152. The normalized spacial score (nSPS) is 34.1. The molecule has 0 N–H and O–H groups in total. The largest absolute Gasteiger partial charge is 0.497 e. The van der Waals surface area contributed by atoms with Gasteiger partial charge in [-0.05, 0) is 78.3 Å². The fourth-order valence-corrected chi connectivity index (χ4v) is 6.96. The van der Waals surface area contributed by atoms with Gasteiger partial charge in [-0.3, -0.25) is 0 Å². The Labute approximate surface area is 163 Å². The van der Waals surface area contributed by atoms with Crippen LogP contribution in [0.3, 0.4) is 0 Å². The summed E-state index contributed by atoms with van der Waals surface area (Å²) in [4.78, 5) is 2.79. The quantitative estimate of drug-likeness (QED) is 0.685. The lowest BCUT2D eigenvalue weighted by molar-refractivity contribution is -0.0617. The Morgan fingerprint density at radius 2 is 1.93 bits per heavy atom. The van der Waals surface area contributed by atoms with E-state index in [0.29, 0.717) is 5.41 Å². The second-order valence-corrected chi connectivity index (χ2v) is 9.18. The van der Waals surface area contributed by atoms with E-state index in [1.807, 2.05) is 0 Å². The average molecular weight is 362 g/mol. The molecule has 6 rings (SSSR count). The van der Waals surface area contributed by atoms with Crippen LogP contribution in [0.2, 0.25) is 0 Å². The molecule has 0 aromatic heterocycles. The highest BCUT2D eigenvalue weighted by Crippen LogP contribution is 2.65. The second-order valence-electron chi connectivity index (χ2n) is 9.18. The average Bonchev–Trinajstić information content (AvgIpc) is 2.72. The molecule has 0 radical (unpaired) electrons. The van der Waals surface area contributed by atoms with Crippen molar-refractivity contribution in [2.24, 2.45) is 17.3 Å². The van der Waals surface area contributed by atoms with E-state index in [9.17, 15) is 0 Å². The summed E-state index contributed by atoms with van der Waals surface area (Å²) in [7, 11) is 1.78. The second kappa shape index (κ2) is 6.02. The number of hydrogen-bond donors (Lipinski definition) is 0. The van der Waals surface area contributed by atoms with E-state index in [2.05, 4.69) is 67.3 Å². The molecular formula is C25H31NO. The van der Waals surface area contributed by atoms with Crippen molar-refractivity contribution in [1.82, 2.24) is 0 Å². The number of methoxy groups -OCH3 is 1. The molecule has 2 heterocycles. The third-order valence-corrected chi connectivity index (χ3v) is 8.08. The number of hydrogen-bond acceptors (Lipinski definition) is 2. The molecule has 3 fully saturated rings. The number of anilines is 1. The highest BCUT2D eigenvalue weighted by Gasteiger charge is 2.63. The predicted octanol–water partition coefficient (Wildman–Crippen LogP) is 5.80. The molecule has 2 saturated heterocycles. The fraction of sp³-hybridized carbons (Fsp3) is 0.520. The maximum atomic E-state index is 5.55. The van der Waals surface area contributed by atoms with Crippen molar-refractivity contribution in [3.63, 3.8) is 0 Å². The van der Waals surface area contributed by atoms with Gasteiger partial charge in [0, 0.05) is 12.2 Å². The minimum absolute atomic E-state index is 0.152. The van der Waals surface area contributed by atoms with E-state index in [0.717, 1.165) is 17.6 Å². The van der Waals surface area contributed by atoms with Crippen LogP contribution in [-0.2, 0) is 12.0 Å². The third-order valence-electron chi connectivity index (χ3n) is 8.08. The van der Waals surface area contributed by atoms with Gasteiger partial charge in [-0.1, -0.05) is 44.5 Å². The zero-order valence-corrected chi connectivity index (χ0v) is 16.9. The van der Waals surface area contributed by atoms with Crippen molar-refractivity contribution in [2.45, 2.75) is 51.5 Å². The molecule has 2 heteroatoms. The SMILES string of the molecule is CC[C@H]1[C@@H]2CCc3cc(OC)ccc3[C@@]23CC[C@@]1(C)CN3c1ccccc1. The van der Waals surface area contributed by atoms with Crippen LogP contribution in [0.5, 0.6) is 5.75 Å². The van der Waals surface area contributed by atoms with Crippen LogP contribution in [-0.4, -0.2) is 13.7 Å². The summed E-state index contributed by atoms with van der Waals surface area (Å²) in [5.41, 5.74) is 5.06. The maximum absolute atomic E-state index is 5.55. The first kappa shape index (κ1) is 17.2. The molecule has 2 aliphatic carbocycles. The number of rotatable bonds is 3. The lowest BCUT2D eigenvalue weighted by atomic mass is 9.46. The Kier molecular flexibility index (Phi) is 3.83. The van der Waals surface area contributed by atoms with E-state index in [-0.39, 0.29) is 5.54 Å². The predicted molar refractivity (Wildman–Crippen MR) is 111 cm³/mol. The van der Waals surface area contributed by atoms with E-state index in [1.165, 1.54) is 49.9 Å². The first-order valence-corrected chi connectivity index (χ1v) is 10.6. The molecule has 4 aliphatic rings. The van der Waals surface area contributed by atoms with Crippen LogP contribution < -0.4 is 9.64 Å². The smallest absolute Gasteiger partial charge is 0.119 e.